The monoisotopic (exact) mass is 565 g/mol. The van der Waals surface area contributed by atoms with Crippen molar-refractivity contribution in [2.75, 3.05) is 23.9 Å². The maximum atomic E-state index is 13.5. The Kier molecular flexibility index (Phi) is 10.3. The van der Waals surface area contributed by atoms with Gasteiger partial charge in [0.2, 0.25) is 28.6 Å². The normalized spacial score (nSPS) is 14.0. The summed E-state index contributed by atoms with van der Waals surface area (Å²) in [5, 5.41) is 3.48. The number of hydrogen-bond acceptors (Lipinski definition) is 6. The summed E-state index contributed by atoms with van der Waals surface area (Å²) < 4.78 is 37.1. The fourth-order valence-electron chi connectivity index (χ4n) is 4.22. The standard InChI is InChI=1S/C27H36ClN3O6S/c1-5-19(3)29-27(33)23(6-2)30(17-20-10-7-8-11-22(20)28)26(32)12-9-15-31(38(4,34)35)21-13-14-24-25(16-21)37-18-36-24/h7-8,10-11,13-14,16,19,23H,5-6,9,12,15,17-18H2,1-4H3,(H,29,33)/t19-,23+/m1/s1. The predicted octanol–water partition coefficient (Wildman–Crippen LogP) is 4.34. The summed E-state index contributed by atoms with van der Waals surface area (Å²) >= 11 is 6.38. The molecule has 1 aliphatic rings. The van der Waals surface area contributed by atoms with Crippen molar-refractivity contribution in [2.45, 2.75) is 65.1 Å². The van der Waals surface area contributed by atoms with Crippen molar-refractivity contribution in [1.82, 2.24) is 10.2 Å². The molecule has 11 heteroatoms. The van der Waals surface area contributed by atoms with Gasteiger partial charge in [0, 0.05) is 36.6 Å². The lowest BCUT2D eigenvalue weighted by Crippen LogP contribution is -2.50. The zero-order valence-electron chi connectivity index (χ0n) is 22.3. The second kappa shape index (κ2) is 13.2. The lowest BCUT2D eigenvalue weighted by Gasteiger charge is -2.32. The minimum absolute atomic E-state index is 0.0289. The number of rotatable bonds is 13. The zero-order valence-corrected chi connectivity index (χ0v) is 23.8. The third-order valence-corrected chi connectivity index (χ3v) is 8.04. The molecule has 0 aromatic heterocycles. The molecule has 3 rings (SSSR count). The number of nitrogens with zero attached hydrogens (tertiary/aromatic N) is 2. The quantitative estimate of drug-likeness (QED) is 0.387. The van der Waals surface area contributed by atoms with E-state index in [0.29, 0.717) is 28.6 Å². The molecule has 0 fully saturated rings. The number of halogens is 1. The minimum Gasteiger partial charge on any atom is -0.454 e. The highest BCUT2D eigenvalue weighted by atomic mass is 35.5. The van der Waals surface area contributed by atoms with Gasteiger partial charge in [0.1, 0.15) is 6.04 Å². The van der Waals surface area contributed by atoms with Crippen LogP contribution in [0.4, 0.5) is 5.69 Å². The van der Waals surface area contributed by atoms with Gasteiger partial charge in [-0.15, -0.1) is 0 Å². The first-order valence-electron chi connectivity index (χ1n) is 12.8. The average Bonchev–Trinajstić information content (AvgIpc) is 3.34. The van der Waals surface area contributed by atoms with Gasteiger partial charge in [-0.25, -0.2) is 8.42 Å². The van der Waals surface area contributed by atoms with Crippen molar-refractivity contribution >= 4 is 39.1 Å². The molecule has 38 heavy (non-hydrogen) atoms. The number of carbonyl (C=O) groups is 2. The van der Waals surface area contributed by atoms with Crippen LogP contribution >= 0.6 is 11.6 Å². The summed E-state index contributed by atoms with van der Waals surface area (Å²) in [7, 11) is -3.63. The molecule has 2 amide bonds. The van der Waals surface area contributed by atoms with Gasteiger partial charge in [-0.1, -0.05) is 43.6 Å². The number of amides is 2. The molecule has 0 unspecified atom stereocenters. The van der Waals surface area contributed by atoms with Crippen LogP contribution in [0.1, 0.15) is 52.0 Å². The molecule has 0 saturated carbocycles. The molecule has 1 N–H and O–H groups in total. The summed E-state index contributed by atoms with van der Waals surface area (Å²) in [4.78, 5) is 28.2. The van der Waals surface area contributed by atoms with Crippen molar-refractivity contribution < 1.29 is 27.5 Å². The molecule has 0 spiro atoms. The Hall–Kier alpha value is -2.98. The van der Waals surface area contributed by atoms with Crippen LogP contribution in [-0.2, 0) is 26.2 Å². The van der Waals surface area contributed by atoms with Crippen LogP contribution in [0.5, 0.6) is 11.5 Å². The highest BCUT2D eigenvalue weighted by Gasteiger charge is 2.30. The number of fused-ring (bicyclic) bond motifs is 1. The molecule has 0 aliphatic carbocycles. The fourth-order valence-corrected chi connectivity index (χ4v) is 5.37. The van der Waals surface area contributed by atoms with Gasteiger partial charge >= 0.3 is 0 Å². The van der Waals surface area contributed by atoms with Crippen molar-refractivity contribution in [3.63, 3.8) is 0 Å². The Morgan fingerprint density at radius 2 is 1.79 bits per heavy atom. The van der Waals surface area contributed by atoms with E-state index in [0.717, 1.165) is 18.2 Å². The molecule has 1 aliphatic heterocycles. The SMILES string of the molecule is CC[C@@H](C)NC(=O)[C@H](CC)N(Cc1ccccc1Cl)C(=O)CCCN(c1ccc2c(c1)OCO2)S(C)(=O)=O. The third-order valence-electron chi connectivity index (χ3n) is 6.48. The Morgan fingerprint density at radius 1 is 1.08 bits per heavy atom. The number of sulfonamides is 1. The Morgan fingerprint density at radius 3 is 2.45 bits per heavy atom. The first-order chi connectivity index (χ1) is 18.0. The zero-order chi connectivity index (χ0) is 27.9. The lowest BCUT2D eigenvalue weighted by molar-refractivity contribution is -0.141. The number of nitrogens with one attached hydrogen (secondary N) is 1. The molecule has 0 radical (unpaired) electrons. The van der Waals surface area contributed by atoms with E-state index in [1.165, 1.54) is 4.31 Å². The summed E-state index contributed by atoms with van der Waals surface area (Å²) in [6, 6.07) is 11.4. The molecule has 0 saturated heterocycles. The van der Waals surface area contributed by atoms with Gasteiger partial charge < -0.3 is 19.7 Å². The number of benzene rings is 2. The molecule has 2 aromatic rings. The first-order valence-corrected chi connectivity index (χ1v) is 15.0. The summed E-state index contributed by atoms with van der Waals surface area (Å²) in [6.45, 7) is 6.09. The average molecular weight is 566 g/mol. The van der Waals surface area contributed by atoms with Gasteiger partial charge in [0.25, 0.3) is 0 Å². The number of anilines is 1. The van der Waals surface area contributed by atoms with E-state index in [1.54, 1.807) is 35.2 Å². The smallest absolute Gasteiger partial charge is 0.243 e. The highest BCUT2D eigenvalue weighted by Crippen LogP contribution is 2.36. The minimum atomic E-state index is -3.63. The van der Waals surface area contributed by atoms with Gasteiger partial charge in [0.05, 0.1) is 11.9 Å². The number of hydrogen-bond donors (Lipinski definition) is 1. The summed E-state index contributed by atoms with van der Waals surface area (Å²) in [5.41, 5.74) is 1.16. The Bertz CT molecular complexity index is 1240. The van der Waals surface area contributed by atoms with Crippen LogP contribution in [0.25, 0.3) is 0 Å². The van der Waals surface area contributed by atoms with Gasteiger partial charge in [-0.2, -0.15) is 0 Å². The Labute approximate surface area is 230 Å². The van der Waals surface area contributed by atoms with Crippen molar-refractivity contribution in [1.29, 1.82) is 0 Å². The van der Waals surface area contributed by atoms with Crippen LogP contribution in [0, 0.1) is 0 Å². The van der Waals surface area contributed by atoms with Gasteiger partial charge in [0.15, 0.2) is 11.5 Å². The summed E-state index contributed by atoms with van der Waals surface area (Å²) in [6.07, 6.45) is 2.61. The lowest BCUT2D eigenvalue weighted by atomic mass is 10.1. The molecule has 2 aromatic carbocycles. The van der Waals surface area contributed by atoms with Gasteiger partial charge in [-0.3, -0.25) is 13.9 Å². The fraction of sp³-hybridized carbons (Fsp3) is 0.481. The van der Waals surface area contributed by atoms with Crippen LogP contribution in [0.15, 0.2) is 42.5 Å². The topological polar surface area (TPSA) is 105 Å². The van der Waals surface area contributed by atoms with E-state index in [4.69, 9.17) is 21.1 Å². The van der Waals surface area contributed by atoms with Crippen LogP contribution in [-0.4, -0.2) is 56.8 Å². The van der Waals surface area contributed by atoms with E-state index in [-0.39, 0.29) is 50.6 Å². The van der Waals surface area contributed by atoms with Crippen molar-refractivity contribution in [3.8, 4) is 11.5 Å². The molecule has 0 bridgehead atoms. The van der Waals surface area contributed by atoms with Gasteiger partial charge in [-0.05, 0) is 49.9 Å². The molecular formula is C27H36ClN3O6S. The second-order valence-corrected chi connectivity index (χ2v) is 11.6. The Balaban J connectivity index is 1.77. The van der Waals surface area contributed by atoms with E-state index in [1.807, 2.05) is 32.9 Å². The van der Waals surface area contributed by atoms with E-state index in [9.17, 15) is 18.0 Å². The predicted molar refractivity (Wildman–Crippen MR) is 148 cm³/mol. The van der Waals surface area contributed by atoms with E-state index >= 15 is 0 Å². The maximum absolute atomic E-state index is 13.5. The third kappa shape index (κ3) is 7.54. The second-order valence-electron chi connectivity index (χ2n) is 9.33. The molecule has 208 valence electrons. The van der Waals surface area contributed by atoms with Crippen molar-refractivity contribution in [3.05, 3.63) is 53.1 Å². The molecular weight excluding hydrogens is 530 g/mol. The molecule has 1 heterocycles. The number of ether oxygens (including phenoxy) is 2. The first kappa shape index (κ1) is 29.6. The van der Waals surface area contributed by atoms with Crippen LogP contribution in [0.2, 0.25) is 5.02 Å². The van der Waals surface area contributed by atoms with Crippen LogP contribution in [0.3, 0.4) is 0 Å². The van der Waals surface area contributed by atoms with E-state index < -0.39 is 16.1 Å². The molecule has 9 nitrogen and oxygen atoms in total. The largest absolute Gasteiger partial charge is 0.454 e. The van der Waals surface area contributed by atoms with E-state index in [2.05, 4.69) is 5.32 Å². The highest BCUT2D eigenvalue weighted by molar-refractivity contribution is 7.92. The van der Waals surface area contributed by atoms with Crippen LogP contribution < -0.4 is 19.1 Å². The maximum Gasteiger partial charge on any atom is 0.243 e. The summed E-state index contributed by atoms with van der Waals surface area (Å²) in [5.74, 6) is 0.542. The van der Waals surface area contributed by atoms with Crippen molar-refractivity contribution in [2.24, 2.45) is 0 Å². The number of carbonyl (C=O) groups excluding carboxylic acids is 2. The molecule has 2 atom stereocenters.